The SMILES string of the molecule is CCOC(=O)N1CCN(c2ccnc3[nH]c(-c4nc(C)cs4)cc23)CC1. The van der Waals surface area contributed by atoms with Gasteiger partial charge in [-0.3, -0.25) is 0 Å². The van der Waals surface area contributed by atoms with Crippen molar-refractivity contribution in [3.63, 3.8) is 0 Å². The van der Waals surface area contributed by atoms with E-state index in [2.05, 4.69) is 25.9 Å². The maximum atomic E-state index is 11.9. The summed E-state index contributed by atoms with van der Waals surface area (Å²) in [7, 11) is 0. The predicted octanol–water partition coefficient (Wildman–Crippen LogP) is 3.27. The molecule has 4 heterocycles. The van der Waals surface area contributed by atoms with Gasteiger partial charge < -0.3 is 19.5 Å². The molecule has 1 amide bonds. The number of H-pyrrole nitrogens is 1. The number of amides is 1. The molecule has 1 aliphatic rings. The van der Waals surface area contributed by atoms with Gasteiger partial charge in [0.25, 0.3) is 0 Å². The summed E-state index contributed by atoms with van der Waals surface area (Å²) in [5.74, 6) is 0. The number of ether oxygens (including phenoxy) is 1. The molecular formula is C18H21N5O2S. The maximum absolute atomic E-state index is 11.9. The van der Waals surface area contributed by atoms with Crippen LogP contribution in [0.3, 0.4) is 0 Å². The highest BCUT2D eigenvalue weighted by atomic mass is 32.1. The van der Waals surface area contributed by atoms with Gasteiger partial charge in [0.15, 0.2) is 0 Å². The van der Waals surface area contributed by atoms with Gasteiger partial charge in [-0.1, -0.05) is 0 Å². The number of nitrogens with zero attached hydrogens (tertiary/aromatic N) is 4. The van der Waals surface area contributed by atoms with Crippen LogP contribution in [0.4, 0.5) is 10.5 Å². The number of fused-ring (bicyclic) bond motifs is 1. The minimum Gasteiger partial charge on any atom is -0.450 e. The molecule has 0 radical (unpaired) electrons. The second-order valence-electron chi connectivity index (χ2n) is 6.24. The minimum absolute atomic E-state index is 0.227. The molecule has 3 aromatic heterocycles. The largest absolute Gasteiger partial charge is 0.450 e. The Morgan fingerprint density at radius 1 is 1.35 bits per heavy atom. The normalized spacial score (nSPS) is 14.8. The Bertz CT molecular complexity index is 927. The van der Waals surface area contributed by atoms with Gasteiger partial charge in [0.05, 0.1) is 12.3 Å². The fraction of sp³-hybridized carbons (Fsp3) is 0.389. The molecule has 1 saturated heterocycles. The standard InChI is InChI=1S/C18H21N5O2S/c1-3-25-18(24)23-8-6-22(7-9-23)15-4-5-19-16-13(15)10-14(21-16)17-20-12(2)11-26-17/h4-5,10-11H,3,6-9H2,1-2H3,(H,19,21). The Kier molecular flexibility index (Phi) is 4.50. The molecule has 3 aromatic rings. The van der Waals surface area contributed by atoms with Gasteiger partial charge >= 0.3 is 6.09 Å². The van der Waals surface area contributed by atoms with Crippen molar-refractivity contribution in [3.05, 3.63) is 29.4 Å². The molecule has 136 valence electrons. The van der Waals surface area contributed by atoms with Crippen LogP contribution in [0.25, 0.3) is 21.7 Å². The van der Waals surface area contributed by atoms with Crippen LogP contribution in [0.2, 0.25) is 0 Å². The lowest BCUT2D eigenvalue weighted by Crippen LogP contribution is -2.49. The first-order valence-electron chi connectivity index (χ1n) is 8.72. The van der Waals surface area contributed by atoms with Crippen LogP contribution in [0.1, 0.15) is 12.6 Å². The van der Waals surface area contributed by atoms with Crippen molar-refractivity contribution in [1.29, 1.82) is 0 Å². The van der Waals surface area contributed by atoms with Crippen LogP contribution >= 0.6 is 11.3 Å². The second-order valence-corrected chi connectivity index (χ2v) is 7.10. The molecule has 0 bridgehead atoms. The topological polar surface area (TPSA) is 74.3 Å². The number of rotatable bonds is 3. The number of aryl methyl sites for hydroxylation is 1. The Morgan fingerprint density at radius 2 is 2.15 bits per heavy atom. The Labute approximate surface area is 155 Å². The first-order chi connectivity index (χ1) is 12.7. The van der Waals surface area contributed by atoms with Gasteiger partial charge in [-0.2, -0.15) is 0 Å². The van der Waals surface area contributed by atoms with Crippen LogP contribution in [0.15, 0.2) is 23.7 Å². The second kappa shape index (κ2) is 6.95. The molecule has 7 nitrogen and oxygen atoms in total. The van der Waals surface area contributed by atoms with E-state index in [0.717, 1.165) is 46.2 Å². The summed E-state index contributed by atoms with van der Waals surface area (Å²) in [5, 5.41) is 4.10. The maximum Gasteiger partial charge on any atom is 0.409 e. The van der Waals surface area contributed by atoms with Crippen molar-refractivity contribution >= 4 is 34.2 Å². The van der Waals surface area contributed by atoms with E-state index in [9.17, 15) is 4.79 Å². The Morgan fingerprint density at radius 3 is 2.85 bits per heavy atom. The number of hydrogen-bond donors (Lipinski definition) is 1. The fourth-order valence-electron chi connectivity index (χ4n) is 3.23. The molecule has 1 aliphatic heterocycles. The van der Waals surface area contributed by atoms with Crippen molar-refractivity contribution in [1.82, 2.24) is 19.9 Å². The van der Waals surface area contributed by atoms with Gasteiger partial charge in [-0.15, -0.1) is 11.3 Å². The van der Waals surface area contributed by atoms with Crippen LogP contribution < -0.4 is 4.90 Å². The van der Waals surface area contributed by atoms with Crippen LogP contribution in [0.5, 0.6) is 0 Å². The van der Waals surface area contributed by atoms with E-state index < -0.39 is 0 Å². The van der Waals surface area contributed by atoms with Crippen molar-refractivity contribution in [2.24, 2.45) is 0 Å². The molecule has 0 saturated carbocycles. The first kappa shape index (κ1) is 16.8. The summed E-state index contributed by atoms with van der Waals surface area (Å²) in [6.07, 6.45) is 1.60. The van der Waals surface area contributed by atoms with Gasteiger partial charge in [0, 0.05) is 54.5 Å². The third-order valence-corrected chi connectivity index (χ3v) is 5.50. The Hall–Kier alpha value is -2.61. The molecule has 8 heteroatoms. The zero-order valence-corrected chi connectivity index (χ0v) is 15.7. The molecule has 26 heavy (non-hydrogen) atoms. The number of thiazole rings is 1. The quantitative estimate of drug-likeness (QED) is 0.765. The monoisotopic (exact) mass is 371 g/mol. The van der Waals surface area contributed by atoms with Crippen molar-refractivity contribution in [2.75, 3.05) is 37.7 Å². The van der Waals surface area contributed by atoms with Gasteiger partial charge in [0.2, 0.25) is 0 Å². The van der Waals surface area contributed by atoms with E-state index in [0.29, 0.717) is 19.7 Å². The summed E-state index contributed by atoms with van der Waals surface area (Å²) >= 11 is 1.63. The number of nitrogens with one attached hydrogen (secondary N) is 1. The summed E-state index contributed by atoms with van der Waals surface area (Å²) in [6, 6.07) is 4.15. The molecule has 1 N–H and O–H groups in total. The molecule has 0 aromatic carbocycles. The van der Waals surface area contributed by atoms with Crippen molar-refractivity contribution in [3.8, 4) is 10.7 Å². The smallest absolute Gasteiger partial charge is 0.409 e. The predicted molar refractivity (Wildman–Crippen MR) is 103 cm³/mol. The average molecular weight is 371 g/mol. The van der Waals surface area contributed by atoms with Crippen LogP contribution in [-0.4, -0.2) is 58.7 Å². The van der Waals surface area contributed by atoms with Crippen LogP contribution in [-0.2, 0) is 4.74 Å². The third kappa shape index (κ3) is 3.12. The molecule has 0 aliphatic carbocycles. The number of carbonyl (C=O) groups is 1. The average Bonchev–Trinajstić information content (AvgIpc) is 3.27. The number of carbonyl (C=O) groups excluding carboxylic acids is 1. The van der Waals surface area contributed by atoms with E-state index in [1.807, 2.05) is 31.5 Å². The highest BCUT2D eigenvalue weighted by molar-refractivity contribution is 7.13. The van der Waals surface area contributed by atoms with Gasteiger partial charge in [0.1, 0.15) is 10.7 Å². The third-order valence-electron chi connectivity index (χ3n) is 4.50. The highest BCUT2D eigenvalue weighted by Gasteiger charge is 2.23. The lowest BCUT2D eigenvalue weighted by molar-refractivity contribution is 0.105. The zero-order chi connectivity index (χ0) is 18.1. The summed E-state index contributed by atoms with van der Waals surface area (Å²) in [6.45, 7) is 7.10. The summed E-state index contributed by atoms with van der Waals surface area (Å²) in [4.78, 5) is 28.3. The number of pyridine rings is 1. The highest BCUT2D eigenvalue weighted by Crippen LogP contribution is 2.32. The van der Waals surface area contributed by atoms with Gasteiger partial charge in [-0.05, 0) is 26.0 Å². The number of aromatic nitrogens is 3. The fourth-order valence-corrected chi connectivity index (χ4v) is 3.99. The summed E-state index contributed by atoms with van der Waals surface area (Å²) < 4.78 is 5.09. The van der Waals surface area contributed by atoms with Crippen molar-refractivity contribution < 1.29 is 9.53 Å². The molecule has 1 fully saturated rings. The van der Waals surface area contributed by atoms with E-state index in [1.165, 1.54) is 0 Å². The molecular weight excluding hydrogens is 350 g/mol. The van der Waals surface area contributed by atoms with E-state index in [4.69, 9.17) is 4.74 Å². The Balaban J connectivity index is 1.57. The number of aromatic amines is 1. The van der Waals surface area contributed by atoms with Gasteiger partial charge in [-0.25, -0.2) is 14.8 Å². The molecule has 4 rings (SSSR count). The number of anilines is 1. The molecule has 0 atom stereocenters. The lowest BCUT2D eigenvalue weighted by Gasteiger charge is -2.35. The van der Waals surface area contributed by atoms with E-state index >= 15 is 0 Å². The van der Waals surface area contributed by atoms with E-state index in [1.54, 1.807) is 16.2 Å². The van der Waals surface area contributed by atoms with Crippen molar-refractivity contribution in [2.45, 2.75) is 13.8 Å². The number of piperazine rings is 1. The molecule has 0 spiro atoms. The number of hydrogen-bond acceptors (Lipinski definition) is 6. The van der Waals surface area contributed by atoms with E-state index in [-0.39, 0.29) is 6.09 Å². The minimum atomic E-state index is -0.227. The first-order valence-corrected chi connectivity index (χ1v) is 9.60. The summed E-state index contributed by atoms with van der Waals surface area (Å²) in [5.41, 5.74) is 4.00. The van der Waals surface area contributed by atoms with Crippen LogP contribution in [0, 0.1) is 6.92 Å². The lowest BCUT2D eigenvalue weighted by atomic mass is 10.2. The molecule has 0 unspecified atom stereocenters. The zero-order valence-electron chi connectivity index (χ0n) is 14.9.